The number of benzene rings is 1. The number of carbonyl (C=O) groups excluding carboxylic acids is 1. The Morgan fingerprint density at radius 1 is 1.44 bits per heavy atom. The lowest BCUT2D eigenvalue weighted by molar-refractivity contribution is -0.139. The summed E-state index contributed by atoms with van der Waals surface area (Å²) in [6.07, 6.45) is -0.0173. The van der Waals surface area contributed by atoms with E-state index >= 15 is 0 Å². The van der Waals surface area contributed by atoms with Crippen molar-refractivity contribution in [3.63, 3.8) is 0 Å². The van der Waals surface area contributed by atoms with Gasteiger partial charge in [-0.05, 0) is 30.7 Å². The normalized spacial score (nSPS) is 11.9. The summed E-state index contributed by atoms with van der Waals surface area (Å²) in [5, 5.41) is 20.0. The zero-order valence-electron chi connectivity index (χ0n) is 9.81. The molecule has 0 heterocycles. The lowest BCUT2D eigenvalue weighted by Gasteiger charge is -2.13. The van der Waals surface area contributed by atoms with E-state index in [-0.39, 0.29) is 13.0 Å². The minimum absolute atomic E-state index is 0.0173. The number of aliphatic carboxylic acids is 1. The van der Waals surface area contributed by atoms with Crippen LogP contribution in [0.25, 0.3) is 0 Å². The van der Waals surface area contributed by atoms with Crippen molar-refractivity contribution < 1.29 is 19.8 Å². The van der Waals surface area contributed by atoms with Gasteiger partial charge in [-0.1, -0.05) is 15.9 Å². The van der Waals surface area contributed by atoms with E-state index in [0.717, 1.165) is 10.0 Å². The molecule has 0 saturated carbocycles. The molecule has 0 fully saturated rings. The van der Waals surface area contributed by atoms with E-state index < -0.39 is 17.9 Å². The Morgan fingerprint density at radius 3 is 2.61 bits per heavy atom. The van der Waals surface area contributed by atoms with Crippen molar-refractivity contribution in [2.24, 2.45) is 0 Å². The summed E-state index contributed by atoms with van der Waals surface area (Å²) in [4.78, 5) is 22.7. The second kappa shape index (κ2) is 6.51. The van der Waals surface area contributed by atoms with Crippen LogP contribution in [0, 0.1) is 6.92 Å². The molecule has 0 aliphatic heterocycles. The molecule has 98 valence electrons. The number of hydrogen-bond acceptors (Lipinski definition) is 3. The highest BCUT2D eigenvalue weighted by Crippen LogP contribution is 2.17. The van der Waals surface area contributed by atoms with Crippen molar-refractivity contribution in [1.29, 1.82) is 0 Å². The fourth-order valence-corrected chi connectivity index (χ4v) is 1.66. The number of hydrogen-bond donors (Lipinski definition) is 3. The van der Waals surface area contributed by atoms with Gasteiger partial charge in [0.05, 0.1) is 0 Å². The lowest BCUT2D eigenvalue weighted by atomic mass is 10.1. The SMILES string of the molecule is Cc1cc(C(=O)N[C@H](CCO)C(=O)O)ccc1Br. The van der Waals surface area contributed by atoms with Crippen molar-refractivity contribution in [1.82, 2.24) is 5.32 Å². The average molecular weight is 316 g/mol. The van der Waals surface area contributed by atoms with Crippen LogP contribution in [-0.2, 0) is 4.79 Å². The first-order valence-electron chi connectivity index (χ1n) is 5.36. The van der Waals surface area contributed by atoms with Crippen LogP contribution in [0.5, 0.6) is 0 Å². The van der Waals surface area contributed by atoms with E-state index in [1.807, 2.05) is 6.92 Å². The quantitative estimate of drug-likeness (QED) is 0.765. The molecule has 1 aromatic carbocycles. The smallest absolute Gasteiger partial charge is 0.326 e. The summed E-state index contributed by atoms with van der Waals surface area (Å²) in [5.74, 6) is -1.63. The first kappa shape index (κ1) is 14.7. The predicted molar refractivity (Wildman–Crippen MR) is 69.5 cm³/mol. The van der Waals surface area contributed by atoms with Gasteiger partial charge in [0.2, 0.25) is 0 Å². The fraction of sp³-hybridized carbons (Fsp3) is 0.333. The highest BCUT2D eigenvalue weighted by atomic mass is 79.9. The molecule has 0 spiro atoms. The summed E-state index contributed by atoms with van der Waals surface area (Å²) in [7, 11) is 0. The summed E-state index contributed by atoms with van der Waals surface area (Å²) in [6, 6.07) is 3.92. The molecule has 0 aliphatic carbocycles. The van der Waals surface area contributed by atoms with Gasteiger partial charge < -0.3 is 15.5 Å². The third-order valence-electron chi connectivity index (χ3n) is 2.44. The molecule has 1 rings (SSSR count). The molecule has 3 N–H and O–H groups in total. The van der Waals surface area contributed by atoms with Gasteiger partial charge in [-0.3, -0.25) is 4.79 Å². The Kier molecular flexibility index (Phi) is 5.30. The Bertz CT molecular complexity index is 461. The van der Waals surface area contributed by atoms with Crippen molar-refractivity contribution in [3.8, 4) is 0 Å². The number of carboxylic acid groups (broad SMARTS) is 1. The molecule has 0 radical (unpaired) electrons. The minimum atomic E-state index is -1.16. The molecule has 5 nitrogen and oxygen atoms in total. The van der Waals surface area contributed by atoms with Gasteiger partial charge >= 0.3 is 5.97 Å². The molecule has 0 unspecified atom stereocenters. The Balaban J connectivity index is 2.80. The lowest BCUT2D eigenvalue weighted by Crippen LogP contribution is -2.41. The molecular formula is C12H14BrNO4. The number of aliphatic hydroxyl groups is 1. The number of aryl methyl sites for hydroxylation is 1. The van der Waals surface area contributed by atoms with Crippen LogP contribution < -0.4 is 5.32 Å². The first-order valence-corrected chi connectivity index (χ1v) is 6.15. The number of amides is 1. The van der Waals surface area contributed by atoms with Crippen LogP contribution in [-0.4, -0.2) is 34.7 Å². The fourth-order valence-electron chi connectivity index (χ4n) is 1.41. The maximum Gasteiger partial charge on any atom is 0.326 e. The maximum absolute atomic E-state index is 11.8. The number of carboxylic acids is 1. The van der Waals surface area contributed by atoms with Gasteiger partial charge in [0.1, 0.15) is 6.04 Å². The van der Waals surface area contributed by atoms with E-state index in [9.17, 15) is 9.59 Å². The molecular weight excluding hydrogens is 302 g/mol. The molecule has 0 bridgehead atoms. The standard InChI is InChI=1S/C12H14BrNO4/c1-7-6-8(2-3-9(7)13)11(16)14-10(4-5-15)12(17)18/h2-3,6,10,15H,4-5H2,1H3,(H,14,16)(H,17,18)/t10-/m1/s1. The number of carbonyl (C=O) groups is 2. The molecule has 1 amide bonds. The Labute approximate surface area is 113 Å². The van der Waals surface area contributed by atoms with Gasteiger partial charge in [-0.2, -0.15) is 0 Å². The third kappa shape index (κ3) is 3.82. The Morgan fingerprint density at radius 2 is 2.11 bits per heavy atom. The van der Waals surface area contributed by atoms with Crippen molar-refractivity contribution in [2.45, 2.75) is 19.4 Å². The van der Waals surface area contributed by atoms with Crippen molar-refractivity contribution in [2.75, 3.05) is 6.61 Å². The number of aliphatic hydroxyl groups excluding tert-OH is 1. The number of nitrogens with one attached hydrogen (secondary N) is 1. The van der Waals surface area contributed by atoms with Crippen LogP contribution in [0.3, 0.4) is 0 Å². The van der Waals surface area contributed by atoms with Gasteiger partial charge in [0, 0.05) is 23.1 Å². The molecule has 0 aromatic heterocycles. The zero-order chi connectivity index (χ0) is 13.7. The molecule has 18 heavy (non-hydrogen) atoms. The second-order valence-corrected chi connectivity index (χ2v) is 4.69. The third-order valence-corrected chi connectivity index (χ3v) is 3.33. The average Bonchev–Trinajstić information content (AvgIpc) is 2.31. The van der Waals surface area contributed by atoms with Crippen molar-refractivity contribution in [3.05, 3.63) is 33.8 Å². The summed E-state index contributed by atoms with van der Waals surface area (Å²) in [5.41, 5.74) is 1.27. The van der Waals surface area contributed by atoms with Gasteiger partial charge in [-0.15, -0.1) is 0 Å². The monoisotopic (exact) mass is 315 g/mol. The minimum Gasteiger partial charge on any atom is -0.480 e. The van der Waals surface area contributed by atoms with E-state index in [0.29, 0.717) is 5.56 Å². The number of halogens is 1. The Hall–Kier alpha value is -1.40. The second-order valence-electron chi connectivity index (χ2n) is 3.84. The molecule has 1 atom stereocenters. The highest BCUT2D eigenvalue weighted by molar-refractivity contribution is 9.10. The van der Waals surface area contributed by atoms with Gasteiger partial charge in [0.25, 0.3) is 5.91 Å². The summed E-state index contributed by atoms with van der Waals surface area (Å²) in [6.45, 7) is 1.54. The van der Waals surface area contributed by atoms with E-state index in [1.165, 1.54) is 0 Å². The highest BCUT2D eigenvalue weighted by Gasteiger charge is 2.20. The number of rotatable bonds is 5. The van der Waals surface area contributed by atoms with Crippen LogP contribution in [0.2, 0.25) is 0 Å². The van der Waals surface area contributed by atoms with E-state index in [2.05, 4.69) is 21.2 Å². The first-order chi connectivity index (χ1) is 8.45. The van der Waals surface area contributed by atoms with Crippen LogP contribution >= 0.6 is 15.9 Å². The topological polar surface area (TPSA) is 86.6 Å². The van der Waals surface area contributed by atoms with Crippen molar-refractivity contribution >= 4 is 27.8 Å². The summed E-state index contributed by atoms with van der Waals surface area (Å²) < 4.78 is 0.879. The molecule has 0 aliphatic rings. The van der Waals surface area contributed by atoms with E-state index in [4.69, 9.17) is 10.2 Å². The predicted octanol–water partition coefficient (Wildman–Crippen LogP) is 1.32. The van der Waals surface area contributed by atoms with Crippen LogP contribution in [0.1, 0.15) is 22.3 Å². The van der Waals surface area contributed by atoms with Gasteiger partial charge in [-0.25, -0.2) is 4.79 Å². The van der Waals surface area contributed by atoms with Gasteiger partial charge in [0.15, 0.2) is 0 Å². The van der Waals surface area contributed by atoms with Crippen LogP contribution in [0.4, 0.5) is 0 Å². The molecule has 0 saturated heterocycles. The molecule has 1 aromatic rings. The summed E-state index contributed by atoms with van der Waals surface area (Å²) >= 11 is 3.32. The van der Waals surface area contributed by atoms with E-state index in [1.54, 1.807) is 18.2 Å². The largest absolute Gasteiger partial charge is 0.480 e. The van der Waals surface area contributed by atoms with Crippen LogP contribution in [0.15, 0.2) is 22.7 Å². The maximum atomic E-state index is 11.8. The zero-order valence-corrected chi connectivity index (χ0v) is 11.4. The molecule has 6 heteroatoms.